The van der Waals surface area contributed by atoms with Crippen LogP contribution in [0.2, 0.25) is 5.02 Å². The minimum atomic E-state index is -3.86. The third kappa shape index (κ3) is 3.68. The number of nitrogens with two attached hydrogens (primary N) is 1. The van der Waals surface area contributed by atoms with E-state index in [-0.39, 0.29) is 25.9 Å². The third-order valence-corrected chi connectivity index (χ3v) is 6.18. The van der Waals surface area contributed by atoms with E-state index < -0.39 is 10.0 Å². The van der Waals surface area contributed by atoms with Crippen molar-refractivity contribution < 1.29 is 8.42 Å². The molecule has 9 heteroatoms. The monoisotopic (exact) mass is 453 g/mol. The number of pyridine rings is 1. The summed E-state index contributed by atoms with van der Waals surface area (Å²) in [4.78, 5) is 3.96. The molecule has 0 atom stereocenters. The van der Waals surface area contributed by atoms with Gasteiger partial charge in [0.1, 0.15) is 10.7 Å². The number of aromatic nitrogens is 1. The maximum absolute atomic E-state index is 12.4. The maximum Gasteiger partial charge on any atom is 0.264 e. The second-order valence-electron chi connectivity index (χ2n) is 4.23. The minimum Gasteiger partial charge on any atom is -0.398 e. The predicted octanol–water partition coefficient (Wildman–Crippen LogP) is 3.95. The fourth-order valence-corrected chi connectivity index (χ4v) is 4.08. The van der Waals surface area contributed by atoms with Crippen LogP contribution >= 0.6 is 43.5 Å². The first-order chi connectivity index (χ1) is 9.70. The number of halogens is 3. The van der Waals surface area contributed by atoms with Gasteiger partial charge >= 0.3 is 0 Å². The number of nitrogens with zero attached hydrogens (tertiary/aromatic N) is 1. The quantitative estimate of drug-likeness (QED) is 0.687. The molecule has 2 rings (SSSR count). The Morgan fingerprint density at radius 2 is 1.95 bits per heavy atom. The van der Waals surface area contributed by atoms with Crippen molar-refractivity contribution in [3.63, 3.8) is 0 Å². The van der Waals surface area contributed by atoms with Crippen LogP contribution in [0.25, 0.3) is 0 Å². The Kier molecular flexibility index (Phi) is 4.82. The first kappa shape index (κ1) is 16.5. The Bertz CT molecular complexity index is 812. The molecule has 1 aromatic carbocycles. The highest BCUT2D eigenvalue weighted by molar-refractivity contribution is 9.11. The summed E-state index contributed by atoms with van der Waals surface area (Å²) in [5, 5.41) is 0.232. The Labute approximate surface area is 144 Å². The van der Waals surface area contributed by atoms with Gasteiger partial charge in [-0.25, -0.2) is 13.4 Å². The first-order valence-corrected chi connectivity index (χ1v) is 9.05. The smallest absolute Gasteiger partial charge is 0.264 e. The average molecular weight is 456 g/mol. The highest BCUT2D eigenvalue weighted by Gasteiger charge is 2.21. The van der Waals surface area contributed by atoms with Crippen LogP contribution in [0, 0.1) is 6.92 Å². The lowest BCUT2D eigenvalue weighted by molar-refractivity contribution is 0.600. The minimum absolute atomic E-state index is 0.0464. The molecule has 0 unspecified atom stereocenters. The highest BCUT2D eigenvalue weighted by Crippen LogP contribution is 2.32. The van der Waals surface area contributed by atoms with Crippen molar-refractivity contribution in [2.24, 2.45) is 0 Å². The molecule has 0 amide bonds. The van der Waals surface area contributed by atoms with Gasteiger partial charge in [0.25, 0.3) is 10.0 Å². The summed E-state index contributed by atoms with van der Waals surface area (Å²) in [6.45, 7) is 1.83. The van der Waals surface area contributed by atoms with Crippen molar-refractivity contribution in [3.05, 3.63) is 43.9 Å². The van der Waals surface area contributed by atoms with Crippen molar-refractivity contribution in [1.82, 2.24) is 4.98 Å². The first-order valence-electron chi connectivity index (χ1n) is 5.60. The SMILES string of the molecule is Cc1cc(NS(=O)(=O)c2cc(Cl)cc(N)c2Br)ncc1Br. The number of benzene rings is 1. The topological polar surface area (TPSA) is 85.1 Å². The van der Waals surface area contributed by atoms with Crippen molar-refractivity contribution in [2.45, 2.75) is 11.8 Å². The van der Waals surface area contributed by atoms with Crippen LogP contribution in [0.1, 0.15) is 5.56 Å². The summed E-state index contributed by atoms with van der Waals surface area (Å²) >= 11 is 12.3. The Morgan fingerprint density at radius 3 is 2.57 bits per heavy atom. The number of sulfonamides is 1. The van der Waals surface area contributed by atoms with E-state index in [1.54, 1.807) is 6.07 Å². The molecule has 0 saturated carbocycles. The van der Waals surface area contributed by atoms with E-state index in [1.165, 1.54) is 18.3 Å². The average Bonchev–Trinajstić information content (AvgIpc) is 2.37. The van der Waals surface area contributed by atoms with Gasteiger partial charge in [-0.15, -0.1) is 0 Å². The molecule has 112 valence electrons. The molecule has 2 aromatic rings. The van der Waals surface area contributed by atoms with Crippen molar-refractivity contribution in [1.29, 1.82) is 0 Å². The molecule has 0 saturated heterocycles. The van der Waals surface area contributed by atoms with Crippen molar-refractivity contribution in [3.8, 4) is 0 Å². The van der Waals surface area contributed by atoms with Gasteiger partial charge in [0.2, 0.25) is 0 Å². The zero-order valence-corrected chi connectivity index (χ0v) is 15.4. The Hall–Kier alpha value is -0.830. The van der Waals surface area contributed by atoms with Gasteiger partial charge in [0.15, 0.2) is 0 Å². The van der Waals surface area contributed by atoms with Gasteiger partial charge in [-0.2, -0.15) is 0 Å². The third-order valence-electron chi connectivity index (χ3n) is 2.61. The summed E-state index contributed by atoms with van der Waals surface area (Å²) in [6.07, 6.45) is 1.52. The van der Waals surface area contributed by atoms with E-state index in [0.29, 0.717) is 0 Å². The molecule has 1 heterocycles. The molecule has 3 N–H and O–H groups in total. The van der Waals surface area contributed by atoms with E-state index in [0.717, 1.165) is 10.0 Å². The number of rotatable bonds is 3. The number of aryl methyl sites for hydroxylation is 1. The van der Waals surface area contributed by atoms with E-state index >= 15 is 0 Å². The molecule has 0 radical (unpaired) electrons. The lowest BCUT2D eigenvalue weighted by Gasteiger charge is -2.11. The van der Waals surface area contributed by atoms with Gasteiger partial charge < -0.3 is 5.73 Å². The molecule has 0 spiro atoms. The lowest BCUT2D eigenvalue weighted by atomic mass is 10.3. The van der Waals surface area contributed by atoms with Crippen molar-refractivity contribution >= 4 is 65.0 Å². The van der Waals surface area contributed by atoms with Crippen LogP contribution in [0.5, 0.6) is 0 Å². The summed E-state index contributed by atoms with van der Waals surface area (Å²) < 4.78 is 28.3. The molecule has 5 nitrogen and oxygen atoms in total. The molecular weight excluding hydrogens is 445 g/mol. The summed E-state index contributed by atoms with van der Waals surface area (Å²) in [5.74, 6) is 0.209. The van der Waals surface area contributed by atoms with Crippen LogP contribution in [-0.4, -0.2) is 13.4 Å². The van der Waals surface area contributed by atoms with Gasteiger partial charge in [0.05, 0.1) is 4.47 Å². The standard InChI is InChI=1S/C12H10Br2ClN3O2S/c1-6-2-11(17-5-8(6)13)18-21(19,20)10-4-7(15)3-9(16)12(10)14/h2-5H,16H2,1H3,(H,17,18). The van der Waals surface area contributed by atoms with E-state index in [2.05, 4.69) is 41.6 Å². The molecule has 0 fully saturated rings. The largest absolute Gasteiger partial charge is 0.398 e. The molecular formula is C12H10Br2ClN3O2S. The fourth-order valence-electron chi connectivity index (χ4n) is 1.57. The van der Waals surface area contributed by atoms with E-state index in [1.807, 2.05) is 6.92 Å². The molecule has 21 heavy (non-hydrogen) atoms. The normalized spacial score (nSPS) is 11.4. The van der Waals surface area contributed by atoms with Crippen LogP contribution in [0.4, 0.5) is 11.5 Å². The fraction of sp³-hybridized carbons (Fsp3) is 0.0833. The van der Waals surface area contributed by atoms with Crippen LogP contribution in [0.15, 0.2) is 38.2 Å². The molecule has 0 aliphatic heterocycles. The number of anilines is 2. The second-order valence-corrected chi connectivity index (χ2v) is 7.97. The maximum atomic E-state index is 12.4. The zero-order valence-electron chi connectivity index (χ0n) is 10.7. The van der Waals surface area contributed by atoms with Gasteiger partial charge in [-0.05, 0) is 62.5 Å². The number of hydrogen-bond acceptors (Lipinski definition) is 4. The van der Waals surface area contributed by atoms with Crippen LogP contribution in [0.3, 0.4) is 0 Å². The summed E-state index contributed by atoms with van der Waals surface area (Å²) in [7, 11) is -3.86. The number of nitrogens with one attached hydrogen (secondary N) is 1. The molecule has 1 aromatic heterocycles. The van der Waals surface area contributed by atoms with Crippen molar-refractivity contribution in [2.75, 3.05) is 10.5 Å². The zero-order chi connectivity index (χ0) is 15.8. The lowest BCUT2D eigenvalue weighted by Crippen LogP contribution is -2.15. The molecule has 0 aliphatic rings. The predicted molar refractivity (Wildman–Crippen MR) is 91.0 cm³/mol. The van der Waals surface area contributed by atoms with E-state index in [9.17, 15) is 8.42 Å². The molecule has 0 bridgehead atoms. The Morgan fingerprint density at radius 1 is 1.29 bits per heavy atom. The van der Waals surface area contributed by atoms with Gasteiger partial charge in [-0.1, -0.05) is 11.6 Å². The summed E-state index contributed by atoms with van der Waals surface area (Å²) in [6, 6.07) is 4.40. The number of nitrogen functional groups attached to an aromatic ring is 1. The van der Waals surface area contributed by atoms with E-state index in [4.69, 9.17) is 17.3 Å². The summed E-state index contributed by atoms with van der Waals surface area (Å²) in [5.41, 5.74) is 6.80. The number of hydrogen-bond donors (Lipinski definition) is 2. The van der Waals surface area contributed by atoms with Crippen LogP contribution in [-0.2, 0) is 10.0 Å². The van der Waals surface area contributed by atoms with Gasteiger partial charge in [-0.3, -0.25) is 4.72 Å². The van der Waals surface area contributed by atoms with Gasteiger partial charge in [0, 0.05) is 21.4 Å². The second kappa shape index (κ2) is 6.12. The Balaban J connectivity index is 2.45. The molecule has 0 aliphatic carbocycles. The van der Waals surface area contributed by atoms with Crippen LogP contribution < -0.4 is 10.5 Å². The highest BCUT2D eigenvalue weighted by atomic mass is 79.9.